The van der Waals surface area contributed by atoms with Gasteiger partial charge in [-0.1, -0.05) is 58.4 Å². The van der Waals surface area contributed by atoms with Gasteiger partial charge in [0.25, 0.3) is 5.91 Å². The van der Waals surface area contributed by atoms with Crippen LogP contribution in [0.2, 0.25) is 0 Å². The third-order valence-electron chi connectivity index (χ3n) is 10.0. The van der Waals surface area contributed by atoms with Crippen LogP contribution in [0.3, 0.4) is 0 Å². The first kappa shape index (κ1) is 37.3. The van der Waals surface area contributed by atoms with Gasteiger partial charge in [0.2, 0.25) is 11.8 Å². The summed E-state index contributed by atoms with van der Waals surface area (Å²) in [5, 5.41) is 13.1. The number of ether oxygens (including phenoxy) is 2. The van der Waals surface area contributed by atoms with Gasteiger partial charge in [-0.05, 0) is 56.5 Å². The van der Waals surface area contributed by atoms with Crippen LogP contribution in [0.5, 0.6) is 0 Å². The highest BCUT2D eigenvalue weighted by Gasteiger charge is 2.76. The fraction of sp³-hybridized carbons (Fsp3) is 0.474. The fourth-order valence-corrected chi connectivity index (χ4v) is 8.67. The molecule has 5 rings (SSSR count). The highest BCUT2D eigenvalue weighted by molar-refractivity contribution is 9.09. The SMILES string of the molecule is C=CCCC(=O)OC[C@@H](NC(=O)[C@H]1[C@@H]2O[C@@]3(CC2Br)[C@@H]1C(=O)N(CCO)[C@@H]3C(=O)N(CC=C)c1ccc(N(CC)CC)cc1)c1ccccc1. The third-order valence-corrected chi connectivity index (χ3v) is 10.9. The zero-order valence-corrected chi connectivity index (χ0v) is 30.3. The molecule has 50 heavy (non-hydrogen) atoms. The minimum atomic E-state index is -1.32. The number of likely N-dealkylation sites (tertiary alicyclic amines) is 1. The zero-order chi connectivity index (χ0) is 36.0. The summed E-state index contributed by atoms with van der Waals surface area (Å²) in [6, 6.07) is 15.1. The maximum absolute atomic E-state index is 14.7. The van der Waals surface area contributed by atoms with E-state index >= 15 is 0 Å². The highest BCUT2D eigenvalue weighted by atomic mass is 79.9. The van der Waals surface area contributed by atoms with Crippen molar-refractivity contribution in [3.63, 3.8) is 0 Å². The molecule has 268 valence electrons. The first-order valence-electron chi connectivity index (χ1n) is 17.3. The number of esters is 1. The molecule has 0 aliphatic carbocycles. The van der Waals surface area contributed by atoms with Crippen LogP contribution < -0.4 is 15.1 Å². The normalized spacial score (nSPS) is 25.5. The number of hydrogen-bond acceptors (Lipinski definition) is 8. The number of carbonyl (C=O) groups is 4. The van der Waals surface area contributed by atoms with Gasteiger partial charge in [-0.3, -0.25) is 19.2 Å². The molecule has 0 saturated carbocycles. The molecule has 3 fully saturated rings. The van der Waals surface area contributed by atoms with Crippen molar-refractivity contribution in [2.75, 3.05) is 49.2 Å². The summed E-state index contributed by atoms with van der Waals surface area (Å²) in [6.07, 6.45) is 3.53. The second-order valence-electron chi connectivity index (χ2n) is 12.8. The predicted octanol–water partition coefficient (Wildman–Crippen LogP) is 4.16. The van der Waals surface area contributed by atoms with Gasteiger partial charge in [-0.2, -0.15) is 0 Å². The van der Waals surface area contributed by atoms with Crippen LogP contribution in [0.1, 0.15) is 44.7 Å². The second-order valence-corrected chi connectivity index (χ2v) is 14.0. The van der Waals surface area contributed by atoms with Crippen molar-refractivity contribution in [1.29, 1.82) is 0 Å². The molecule has 3 heterocycles. The van der Waals surface area contributed by atoms with E-state index in [1.165, 1.54) is 4.90 Å². The van der Waals surface area contributed by atoms with Gasteiger partial charge in [-0.25, -0.2) is 0 Å². The lowest BCUT2D eigenvalue weighted by Crippen LogP contribution is -2.57. The topological polar surface area (TPSA) is 129 Å². The highest BCUT2D eigenvalue weighted by Crippen LogP contribution is 2.60. The number of aliphatic hydroxyl groups excluding tert-OH is 1. The molecule has 12 heteroatoms. The maximum atomic E-state index is 14.7. The molecular formula is C38H47BrN4O7. The number of rotatable bonds is 17. The molecule has 3 aliphatic rings. The summed E-state index contributed by atoms with van der Waals surface area (Å²) in [7, 11) is 0. The minimum Gasteiger partial charge on any atom is -0.463 e. The van der Waals surface area contributed by atoms with Crippen LogP contribution in [0.4, 0.5) is 11.4 Å². The average Bonchev–Trinajstić information content (AvgIpc) is 3.72. The number of aliphatic hydroxyl groups is 1. The number of carbonyl (C=O) groups excluding carboxylic acids is 4. The predicted molar refractivity (Wildman–Crippen MR) is 195 cm³/mol. The van der Waals surface area contributed by atoms with E-state index in [-0.39, 0.29) is 43.5 Å². The molecule has 2 N–H and O–H groups in total. The van der Waals surface area contributed by atoms with Crippen LogP contribution in [-0.4, -0.2) is 95.7 Å². The molecule has 3 aliphatic heterocycles. The Kier molecular flexibility index (Phi) is 12.2. The first-order valence-corrected chi connectivity index (χ1v) is 18.2. The van der Waals surface area contributed by atoms with E-state index in [4.69, 9.17) is 9.47 Å². The van der Waals surface area contributed by atoms with Crippen LogP contribution >= 0.6 is 15.9 Å². The largest absolute Gasteiger partial charge is 0.463 e. The minimum absolute atomic E-state index is 0.0983. The zero-order valence-electron chi connectivity index (χ0n) is 28.7. The smallest absolute Gasteiger partial charge is 0.306 e. The second kappa shape index (κ2) is 16.3. The number of anilines is 2. The van der Waals surface area contributed by atoms with Gasteiger partial charge in [0.1, 0.15) is 18.2 Å². The number of β-amino-alcohol motifs (C(OH)–C–C–N with tert-alkyl or cyclic N) is 1. The third kappa shape index (κ3) is 7.11. The van der Waals surface area contributed by atoms with Crippen LogP contribution in [0, 0.1) is 11.8 Å². The standard InChI is InChI=1S/C38H47BrN4O7/c1-5-9-15-30(45)49-24-29(25-13-11-10-12-14-25)40-35(46)31-32-36(47)43(21-22-44)34(38(32)23-28(39)33(31)50-38)37(48)42(20-6-2)27-18-16-26(17-19-27)41(7-3)8-4/h5-6,10-14,16-19,28-29,31-34,44H,1-2,7-9,15,20-24H2,3-4H3,(H,40,46)/t28?,29-,31-,32+,33-,34-,38+/m1/s1. The van der Waals surface area contributed by atoms with Gasteiger partial charge in [0.05, 0.1) is 30.6 Å². The van der Waals surface area contributed by atoms with Crippen molar-refractivity contribution in [2.24, 2.45) is 11.8 Å². The molecule has 11 nitrogen and oxygen atoms in total. The van der Waals surface area contributed by atoms with E-state index in [1.807, 2.05) is 54.6 Å². The molecule has 2 bridgehead atoms. The molecule has 3 saturated heterocycles. The van der Waals surface area contributed by atoms with Crippen molar-refractivity contribution in [2.45, 2.75) is 61.7 Å². The number of alkyl halides is 1. The van der Waals surface area contributed by atoms with Crippen molar-refractivity contribution in [3.05, 3.63) is 85.5 Å². The van der Waals surface area contributed by atoms with E-state index in [2.05, 4.69) is 53.2 Å². The summed E-state index contributed by atoms with van der Waals surface area (Å²) < 4.78 is 12.2. The van der Waals surface area contributed by atoms with E-state index in [1.54, 1.807) is 17.1 Å². The first-order chi connectivity index (χ1) is 24.1. The van der Waals surface area contributed by atoms with Gasteiger partial charge >= 0.3 is 5.97 Å². The van der Waals surface area contributed by atoms with E-state index < -0.39 is 53.4 Å². The number of benzene rings is 2. The van der Waals surface area contributed by atoms with Crippen molar-refractivity contribution in [3.8, 4) is 0 Å². The Balaban J connectivity index is 1.45. The molecule has 7 atom stereocenters. The van der Waals surface area contributed by atoms with Crippen molar-refractivity contribution in [1.82, 2.24) is 10.2 Å². The number of allylic oxidation sites excluding steroid dienone is 1. The summed E-state index contributed by atoms with van der Waals surface area (Å²) in [6.45, 7) is 13.0. The van der Waals surface area contributed by atoms with Gasteiger partial charge in [0.15, 0.2) is 0 Å². The van der Waals surface area contributed by atoms with E-state index in [9.17, 15) is 24.3 Å². The Labute approximate surface area is 302 Å². The Morgan fingerprint density at radius 2 is 1.78 bits per heavy atom. The molecule has 2 aromatic rings. The lowest BCUT2D eigenvalue weighted by Gasteiger charge is -2.37. The van der Waals surface area contributed by atoms with E-state index in [0.717, 1.165) is 24.3 Å². The Hall–Kier alpha value is -4.00. The van der Waals surface area contributed by atoms with Crippen LogP contribution in [-0.2, 0) is 28.7 Å². The Morgan fingerprint density at radius 1 is 1.10 bits per heavy atom. The number of amides is 3. The van der Waals surface area contributed by atoms with Gasteiger partial charge in [-0.15, -0.1) is 13.2 Å². The summed E-state index contributed by atoms with van der Waals surface area (Å²) >= 11 is 3.72. The average molecular weight is 752 g/mol. The summed E-state index contributed by atoms with van der Waals surface area (Å²) in [5.41, 5.74) is 1.07. The molecule has 3 amide bonds. The number of fused-ring (bicyclic) bond motifs is 1. The van der Waals surface area contributed by atoms with Crippen molar-refractivity contribution >= 4 is 51.0 Å². The Bertz CT molecular complexity index is 1550. The van der Waals surface area contributed by atoms with Crippen molar-refractivity contribution < 1.29 is 33.8 Å². The molecule has 1 unspecified atom stereocenters. The molecule has 0 radical (unpaired) electrons. The van der Waals surface area contributed by atoms with Gasteiger partial charge in [0, 0.05) is 48.8 Å². The number of nitrogens with zero attached hydrogens (tertiary/aromatic N) is 3. The van der Waals surface area contributed by atoms with E-state index in [0.29, 0.717) is 18.5 Å². The quantitative estimate of drug-likeness (QED) is 0.140. The lowest BCUT2D eigenvalue weighted by atomic mass is 9.70. The fourth-order valence-electron chi connectivity index (χ4n) is 7.73. The number of hydrogen-bond donors (Lipinski definition) is 2. The van der Waals surface area contributed by atoms with Crippen LogP contribution in [0.15, 0.2) is 79.9 Å². The Morgan fingerprint density at radius 3 is 2.40 bits per heavy atom. The molecule has 1 spiro atoms. The molecular weight excluding hydrogens is 704 g/mol. The molecule has 2 aromatic carbocycles. The monoisotopic (exact) mass is 750 g/mol. The van der Waals surface area contributed by atoms with Gasteiger partial charge < -0.3 is 34.6 Å². The number of halogens is 1. The summed E-state index contributed by atoms with van der Waals surface area (Å²) in [5.74, 6) is -3.56. The number of nitrogens with one attached hydrogen (secondary N) is 1. The van der Waals surface area contributed by atoms with Crippen LogP contribution in [0.25, 0.3) is 0 Å². The summed E-state index contributed by atoms with van der Waals surface area (Å²) in [4.78, 5) is 60.6. The lowest BCUT2D eigenvalue weighted by molar-refractivity contribution is -0.146. The molecule has 0 aromatic heterocycles. The maximum Gasteiger partial charge on any atom is 0.306 e.